The maximum Gasteiger partial charge on any atom is 0.263 e. The summed E-state index contributed by atoms with van der Waals surface area (Å²) in [6.45, 7) is 3.53. The van der Waals surface area contributed by atoms with Crippen LogP contribution in [0.1, 0.15) is 24.2 Å². The van der Waals surface area contributed by atoms with E-state index in [1.54, 1.807) is 12.1 Å². The van der Waals surface area contributed by atoms with Crippen LogP contribution >= 0.6 is 0 Å². The second-order valence-electron chi connectivity index (χ2n) is 6.18. The maximum absolute atomic E-state index is 12.9. The van der Waals surface area contributed by atoms with Crippen molar-refractivity contribution in [3.8, 4) is 11.5 Å². The molecule has 0 aliphatic heterocycles. The van der Waals surface area contributed by atoms with E-state index in [9.17, 15) is 18.3 Å². The Morgan fingerprint density at radius 3 is 2.39 bits per heavy atom. The number of aliphatic hydroxyl groups excluding tert-OH is 1. The average molecular weight is 409 g/mol. The topological polar surface area (TPSA) is 151 Å². The SMILES string of the molecule is CC(C)Oc1ccc(NS(=O)(=O)c2cc(C(N)=O)c(O)cc2NCCO)cc1. The third kappa shape index (κ3) is 5.27. The number of rotatable bonds is 9. The van der Waals surface area contributed by atoms with E-state index in [0.717, 1.165) is 12.1 Å². The Kier molecular flexibility index (Phi) is 6.71. The highest BCUT2D eigenvalue weighted by atomic mass is 32.2. The fraction of sp³-hybridized carbons (Fsp3) is 0.278. The molecule has 2 aromatic rings. The van der Waals surface area contributed by atoms with E-state index in [1.807, 2.05) is 13.8 Å². The molecule has 2 aromatic carbocycles. The fourth-order valence-corrected chi connectivity index (χ4v) is 3.65. The third-order valence-electron chi connectivity index (χ3n) is 3.56. The molecular formula is C18H23N3O6S. The van der Waals surface area contributed by atoms with Gasteiger partial charge in [0.2, 0.25) is 0 Å². The quantitative estimate of drug-likeness (QED) is 0.421. The summed E-state index contributed by atoms with van der Waals surface area (Å²) in [6.07, 6.45) is -0.0214. The summed E-state index contributed by atoms with van der Waals surface area (Å²) in [4.78, 5) is 11.2. The second-order valence-corrected chi connectivity index (χ2v) is 7.83. The van der Waals surface area contributed by atoms with E-state index < -0.39 is 21.7 Å². The Balaban J connectivity index is 2.39. The molecule has 28 heavy (non-hydrogen) atoms. The van der Waals surface area contributed by atoms with Crippen LogP contribution in [-0.4, -0.2) is 43.8 Å². The number of primary amides is 1. The van der Waals surface area contributed by atoms with Crippen LogP contribution in [0.15, 0.2) is 41.3 Å². The summed E-state index contributed by atoms with van der Waals surface area (Å²) >= 11 is 0. The van der Waals surface area contributed by atoms with Crippen LogP contribution in [0.5, 0.6) is 11.5 Å². The van der Waals surface area contributed by atoms with Crippen molar-refractivity contribution >= 4 is 27.3 Å². The second kappa shape index (κ2) is 8.81. The molecule has 0 radical (unpaired) electrons. The largest absolute Gasteiger partial charge is 0.507 e. The number of phenols is 1. The van der Waals surface area contributed by atoms with Gasteiger partial charge in [-0.15, -0.1) is 0 Å². The van der Waals surface area contributed by atoms with Crippen LogP contribution in [0.4, 0.5) is 11.4 Å². The van der Waals surface area contributed by atoms with Gasteiger partial charge in [0.15, 0.2) is 0 Å². The van der Waals surface area contributed by atoms with Gasteiger partial charge in [-0.1, -0.05) is 0 Å². The molecule has 0 bridgehead atoms. The number of benzene rings is 2. The van der Waals surface area contributed by atoms with Crippen molar-refractivity contribution in [1.82, 2.24) is 0 Å². The summed E-state index contributed by atoms with van der Waals surface area (Å²) in [5.74, 6) is -0.858. The molecular weight excluding hydrogens is 386 g/mol. The number of nitrogens with one attached hydrogen (secondary N) is 2. The van der Waals surface area contributed by atoms with E-state index in [0.29, 0.717) is 5.75 Å². The van der Waals surface area contributed by atoms with Gasteiger partial charge in [-0.2, -0.15) is 0 Å². The molecule has 0 spiro atoms. The van der Waals surface area contributed by atoms with Gasteiger partial charge >= 0.3 is 0 Å². The highest BCUT2D eigenvalue weighted by Crippen LogP contribution is 2.31. The predicted octanol–water partition coefficient (Wildman–Crippen LogP) is 1.48. The van der Waals surface area contributed by atoms with Crippen LogP contribution in [0, 0.1) is 0 Å². The molecule has 10 heteroatoms. The standard InChI is InChI=1S/C18H23N3O6S/c1-11(2)27-13-5-3-12(4-6-13)21-28(25,26)17-9-14(18(19)24)16(23)10-15(17)20-7-8-22/h3-6,9-11,20-23H,7-8H2,1-2H3,(H2,19,24). The van der Waals surface area contributed by atoms with Crippen molar-refractivity contribution in [1.29, 1.82) is 0 Å². The van der Waals surface area contributed by atoms with Crippen molar-refractivity contribution in [2.75, 3.05) is 23.2 Å². The van der Waals surface area contributed by atoms with Gasteiger partial charge in [-0.05, 0) is 44.2 Å². The van der Waals surface area contributed by atoms with E-state index in [4.69, 9.17) is 15.6 Å². The molecule has 1 amide bonds. The molecule has 152 valence electrons. The van der Waals surface area contributed by atoms with Crippen molar-refractivity contribution in [2.24, 2.45) is 5.73 Å². The van der Waals surface area contributed by atoms with Crippen molar-refractivity contribution < 1.29 is 28.2 Å². The van der Waals surface area contributed by atoms with Gasteiger partial charge < -0.3 is 26.0 Å². The molecule has 0 heterocycles. The number of anilines is 2. The number of hydrogen-bond donors (Lipinski definition) is 5. The Labute approximate surface area is 163 Å². The number of amides is 1. The average Bonchev–Trinajstić information content (AvgIpc) is 2.60. The summed E-state index contributed by atoms with van der Waals surface area (Å²) < 4.78 is 33.6. The van der Waals surface area contributed by atoms with E-state index in [1.165, 1.54) is 12.1 Å². The third-order valence-corrected chi connectivity index (χ3v) is 4.98. The van der Waals surface area contributed by atoms with Gasteiger partial charge in [-0.25, -0.2) is 8.42 Å². The molecule has 6 N–H and O–H groups in total. The van der Waals surface area contributed by atoms with Crippen LogP contribution < -0.4 is 20.5 Å². The molecule has 0 saturated heterocycles. The molecule has 0 saturated carbocycles. The van der Waals surface area contributed by atoms with Crippen LogP contribution in [-0.2, 0) is 10.0 Å². The van der Waals surface area contributed by atoms with Crippen LogP contribution in [0.25, 0.3) is 0 Å². The van der Waals surface area contributed by atoms with Gasteiger partial charge in [0.1, 0.15) is 16.4 Å². The van der Waals surface area contributed by atoms with E-state index >= 15 is 0 Å². The first-order chi connectivity index (χ1) is 13.1. The molecule has 0 unspecified atom stereocenters. The lowest BCUT2D eigenvalue weighted by atomic mass is 10.1. The van der Waals surface area contributed by atoms with Crippen molar-refractivity contribution in [2.45, 2.75) is 24.8 Å². The first-order valence-electron chi connectivity index (χ1n) is 8.45. The number of aliphatic hydroxyl groups is 1. The van der Waals surface area contributed by atoms with Gasteiger partial charge in [0.05, 0.1) is 24.0 Å². The minimum atomic E-state index is -4.14. The molecule has 0 aromatic heterocycles. The minimum absolute atomic E-state index is 0.0174. The van der Waals surface area contributed by atoms with Crippen molar-refractivity contribution in [3.63, 3.8) is 0 Å². The Bertz CT molecular complexity index is 943. The lowest BCUT2D eigenvalue weighted by Crippen LogP contribution is -2.19. The first kappa shape index (κ1) is 21.3. The zero-order chi connectivity index (χ0) is 20.9. The normalized spacial score (nSPS) is 11.3. The van der Waals surface area contributed by atoms with E-state index in [2.05, 4.69) is 10.0 Å². The Hall–Kier alpha value is -2.98. The number of hydrogen-bond acceptors (Lipinski definition) is 7. The molecule has 0 atom stereocenters. The molecule has 0 aliphatic rings. The monoisotopic (exact) mass is 409 g/mol. The number of carbonyl (C=O) groups excluding carboxylic acids is 1. The number of ether oxygens (including phenoxy) is 1. The zero-order valence-corrected chi connectivity index (χ0v) is 16.3. The summed E-state index contributed by atoms with van der Waals surface area (Å²) in [7, 11) is -4.14. The molecule has 0 aliphatic carbocycles. The summed E-state index contributed by atoms with van der Waals surface area (Å²) in [6, 6.07) is 8.36. The van der Waals surface area contributed by atoms with Gasteiger partial charge in [-0.3, -0.25) is 9.52 Å². The predicted molar refractivity (Wildman–Crippen MR) is 105 cm³/mol. The molecule has 9 nitrogen and oxygen atoms in total. The summed E-state index contributed by atoms with van der Waals surface area (Å²) in [5.41, 5.74) is 5.15. The Morgan fingerprint density at radius 2 is 1.86 bits per heavy atom. The van der Waals surface area contributed by atoms with Crippen molar-refractivity contribution in [3.05, 3.63) is 42.0 Å². The highest BCUT2D eigenvalue weighted by Gasteiger charge is 2.23. The Morgan fingerprint density at radius 1 is 1.21 bits per heavy atom. The smallest absolute Gasteiger partial charge is 0.263 e. The molecule has 2 rings (SSSR count). The zero-order valence-electron chi connectivity index (χ0n) is 15.5. The van der Waals surface area contributed by atoms with Crippen LogP contribution in [0.2, 0.25) is 0 Å². The number of carbonyl (C=O) groups is 1. The molecule has 0 fully saturated rings. The lowest BCUT2D eigenvalue weighted by Gasteiger charge is -2.16. The number of aromatic hydroxyl groups is 1. The lowest BCUT2D eigenvalue weighted by molar-refractivity contribution is 0.0997. The maximum atomic E-state index is 12.9. The summed E-state index contributed by atoms with van der Waals surface area (Å²) in [5, 5.41) is 21.6. The van der Waals surface area contributed by atoms with E-state index in [-0.39, 0.29) is 41.1 Å². The van der Waals surface area contributed by atoms with Gasteiger partial charge in [0, 0.05) is 18.3 Å². The number of nitrogens with two attached hydrogens (primary N) is 1. The number of sulfonamides is 1. The van der Waals surface area contributed by atoms with Crippen LogP contribution in [0.3, 0.4) is 0 Å². The highest BCUT2D eigenvalue weighted by molar-refractivity contribution is 7.92. The first-order valence-corrected chi connectivity index (χ1v) is 9.93. The minimum Gasteiger partial charge on any atom is -0.507 e. The fourth-order valence-electron chi connectivity index (χ4n) is 2.40. The van der Waals surface area contributed by atoms with Gasteiger partial charge in [0.25, 0.3) is 15.9 Å².